The monoisotopic (exact) mass is 369 g/mol. The van der Waals surface area contributed by atoms with Crippen molar-refractivity contribution in [3.05, 3.63) is 58.1 Å². The summed E-state index contributed by atoms with van der Waals surface area (Å²) >= 11 is 0. The van der Waals surface area contributed by atoms with Gasteiger partial charge in [-0.15, -0.1) is 0 Å². The zero-order valence-corrected chi connectivity index (χ0v) is 15.8. The summed E-state index contributed by atoms with van der Waals surface area (Å²) in [7, 11) is 0. The first kappa shape index (κ1) is 17.1. The number of nitrogens with one attached hydrogen (secondary N) is 2. The van der Waals surface area contributed by atoms with Crippen LogP contribution in [0, 0.1) is 22.7 Å². The molecule has 1 saturated heterocycles. The predicted molar refractivity (Wildman–Crippen MR) is 109 cm³/mol. The molecule has 3 aliphatic rings. The maximum atomic E-state index is 9.25. The van der Waals surface area contributed by atoms with Gasteiger partial charge in [-0.2, -0.15) is 10.5 Å². The van der Waals surface area contributed by atoms with Crippen LogP contribution in [0.4, 0.5) is 11.4 Å². The quantitative estimate of drug-likeness (QED) is 0.850. The van der Waals surface area contributed by atoms with Crippen LogP contribution in [-0.4, -0.2) is 37.1 Å². The zero-order valence-electron chi connectivity index (χ0n) is 15.8. The van der Waals surface area contributed by atoms with E-state index in [9.17, 15) is 5.26 Å². The Morgan fingerprint density at radius 3 is 2.54 bits per heavy atom. The Kier molecular flexibility index (Phi) is 4.19. The van der Waals surface area contributed by atoms with Crippen LogP contribution in [0.2, 0.25) is 0 Å². The zero-order chi connectivity index (χ0) is 19.1. The molecule has 0 aliphatic carbocycles. The molecule has 3 aliphatic heterocycles. The van der Waals surface area contributed by atoms with Crippen molar-refractivity contribution in [1.29, 1.82) is 10.5 Å². The maximum absolute atomic E-state index is 9.25. The van der Waals surface area contributed by atoms with E-state index in [-0.39, 0.29) is 0 Å². The Labute approximate surface area is 165 Å². The summed E-state index contributed by atoms with van der Waals surface area (Å²) in [6.45, 7) is 4.08. The van der Waals surface area contributed by atoms with Gasteiger partial charge in [0.2, 0.25) is 0 Å². The number of hydrogen-bond acceptors (Lipinski definition) is 5. The maximum Gasteiger partial charge on any atom is 0.101 e. The topological polar surface area (TPSA) is 74.9 Å². The summed E-state index contributed by atoms with van der Waals surface area (Å²) in [5.41, 5.74) is 7.62. The fourth-order valence-corrected chi connectivity index (χ4v) is 4.79. The Morgan fingerprint density at radius 2 is 1.71 bits per heavy atom. The third kappa shape index (κ3) is 2.80. The Morgan fingerprint density at radius 1 is 0.929 bits per heavy atom. The average Bonchev–Trinajstić information content (AvgIpc) is 2.72. The molecule has 1 fully saturated rings. The van der Waals surface area contributed by atoms with Crippen molar-refractivity contribution >= 4 is 11.4 Å². The van der Waals surface area contributed by atoms with Crippen molar-refractivity contribution < 1.29 is 0 Å². The number of likely N-dealkylation sites (tertiary alicyclic amines) is 1. The minimum absolute atomic E-state index is 0.450. The molecule has 2 aromatic carbocycles. The van der Waals surface area contributed by atoms with Gasteiger partial charge in [-0.25, -0.2) is 0 Å². The van der Waals surface area contributed by atoms with Crippen LogP contribution in [-0.2, 0) is 12.8 Å². The number of benzene rings is 2. The van der Waals surface area contributed by atoms with Gasteiger partial charge in [-0.1, -0.05) is 18.2 Å². The molecule has 0 radical (unpaired) electrons. The number of anilines is 2. The van der Waals surface area contributed by atoms with Crippen LogP contribution in [0.15, 0.2) is 30.3 Å². The first-order valence-corrected chi connectivity index (χ1v) is 10.1. The molecule has 0 spiro atoms. The van der Waals surface area contributed by atoms with Crippen LogP contribution >= 0.6 is 0 Å². The summed E-state index contributed by atoms with van der Waals surface area (Å²) in [5.74, 6) is 0.450. The minimum atomic E-state index is 0.450. The Hall–Kier alpha value is -3.02. The van der Waals surface area contributed by atoms with E-state index in [1.807, 2.05) is 12.1 Å². The number of nitrogens with zero attached hydrogens (tertiary/aromatic N) is 3. The van der Waals surface area contributed by atoms with E-state index >= 15 is 0 Å². The summed E-state index contributed by atoms with van der Waals surface area (Å²) < 4.78 is 0. The lowest BCUT2D eigenvalue weighted by molar-refractivity contribution is 0.0955. The van der Waals surface area contributed by atoms with Gasteiger partial charge < -0.3 is 10.6 Å². The molecule has 5 rings (SSSR count). The smallest absolute Gasteiger partial charge is 0.101 e. The first-order valence-electron chi connectivity index (χ1n) is 10.1. The summed E-state index contributed by atoms with van der Waals surface area (Å²) in [5, 5.41) is 25.6. The van der Waals surface area contributed by atoms with E-state index < -0.39 is 0 Å². The highest BCUT2D eigenvalue weighted by Gasteiger charge is 2.35. The lowest BCUT2D eigenvalue weighted by Crippen LogP contribution is -2.54. The van der Waals surface area contributed by atoms with Crippen molar-refractivity contribution in [1.82, 2.24) is 4.90 Å². The van der Waals surface area contributed by atoms with Crippen molar-refractivity contribution in [2.45, 2.75) is 31.2 Å². The lowest BCUT2D eigenvalue weighted by atomic mass is 9.86. The number of rotatable bonds is 2. The van der Waals surface area contributed by atoms with E-state index in [2.05, 4.69) is 39.8 Å². The molecule has 3 heterocycles. The molecule has 0 bridgehead atoms. The van der Waals surface area contributed by atoms with Crippen LogP contribution in [0.25, 0.3) is 0 Å². The second-order valence-electron chi connectivity index (χ2n) is 8.08. The molecular weight excluding hydrogens is 346 g/mol. The van der Waals surface area contributed by atoms with Gasteiger partial charge in [0.15, 0.2) is 0 Å². The third-order valence-corrected chi connectivity index (χ3v) is 6.45. The van der Waals surface area contributed by atoms with Crippen molar-refractivity contribution in [3.8, 4) is 12.1 Å². The van der Waals surface area contributed by atoms with Crippen LogP contribution in [0.3, 0.4) is 0 Å². The van der Waals surface area contributed by atoms with E-state index in [1.165, 1.54) is 40.9 Å². The van der Waals surface area contributed by atoms with Crippen molar-refractivity contribution in [2.75, 3.05) is 36.8 Å². The van der Waals surface area contributed by atoms with E-state index in [1.54, 1.807) is 6.07 Å². The number of nitriles is 2. The average molecular weight is 369 g/mol. The van der Waals surface area contributed by atoms with E-state index in [0.29, 0.717) is 23.1 Å². The number of hydrogen-bond donors (Lipinski definition) is 2. The van der Waals surface area contributed by atoms with Gasteiger partial charge in [0, 0.05) is 38.1 Å². The molecule has 28 heavy (non-hydrogen) atoms. The van der Waals surface area contributed by atoms with Gasteiger partial charge >= 0.3 is 0 Å². The molecular formula is C23H23N5. The molecule has 5 heteroatoms. The standard InChI is InChI=1S/C23H23N5/c24-10-18-6-4-16(8-19(18)11-25)20-13-28(14-20)21-9-17-5-3-15-2-1-7-26-22(15)23(17)27-12-21/h3-6,8,20-21,26-27H,1-2,7,9,12-14H2. The molecule has 1 atom stereocenters. The largest absolute Gasteiger partial charge is 0.383 e. The second-order valence-corrected chi connectivity index (χ2v) is 8.08. The van der Waals surface area contributed by atoms with Crippen molar-refractivity contribution in [3.63, 3.8) is 0 Å². The molecule has 0 aromatic heterocycles. The predicted octanol–water partition coefficient (Wildman–Crippen LogP) is 3.22. The molecule has 0 amide bonds. The second kappa shape index (κ2) is 6.86. The molecule has 2 N–H and O–H groups in total. The molecule has 2 aromatic rings. The third-order valence-electron chi connectivity index (χ3n) is 6.45. The molecule has 5 nitrogen and oxygen atoms in total. The Bertz CT molecular complexity index is 1010. The number of aryl methyl sites for hydroxylation is 1. The van der Waals surface area contributed by atoms with E-state index in [4.69, 9.17) is 5.26 Å². The number of fused-ring (bicyclic) bond motifs is 3. The highest BCUT2D eigenvalue weighted by molar-refractivity contribution is 5.77. The highest BCUT2D eigenvalue weighted by Crippen LogP contribution is 2.38. The molecule has 1 unspecified atom stereocenters. The van der Waals surface area contributed by atoms with Gasteiger partial charge in [0.05, 0.1) is 22.5 Å². The van der Waals surface area contributed by atoms with Crippen LogP contribution in [0.1, 0.15) is 40.2 Å². The Balaban J connectivity index is 1.27. The molecule has 140 valence electrons. The van der Waals surface area contributed by atoms with Gasteiger partial charge in [0.1, 0.15) is 12.1 Å². The van der Waals surface area contributed by atoms with Crippen LogP contribution < -0.4 is 10.6 Å². The minimum Gasteiger partial charge on any atom is -0.383 e. The fourth-order valence-electron chi connectivity index (χ4n) is 4.79. The van der Waals surface area contributed by atoms with Crippen molar-refractivity contribution in [2.24, 2.45) is 0 Å². The van der Waals surface area contributed by atoms with Gasteiger partial charge in [-0.3, -0.25) is 4.90 Å². The van der Waals surface area contributed by atoms with Crippen LogP contribution in [0.5, 0.6) is 0 Å². The van der Waals surface area contributed by atoms with Gasteiger partial charge in [0.25, 0.3) is 0 Å². The van der Waals surface area contributed by atoms with Gasteiger partial charge in [-0.05, 0) is 48.1 Å². The lowest BCUT2D eigenvalue weighted by Gasteiger charge is -2.46. The molecule has 0 saturated carbocycles. The SMILES string of the molecule is N#Cc1ccc(C2CN(C3CNc4c(ccc5c4NCCC5)C3)C2)cc1C#N. The highest BCUT2D eigenvalue weighted by atomic mass is 15.2. The normalized spacial score (nSPS) is 21.1. The fraction of sp³-hybridized carbons (Fsp3) is 0.391. The van der Waals surface area contributed by atoms with E-state index in [0.717, 1.165) is 32.6 Å². The first-order chi connectivity index (χ1) is 13.8. The summed E-state index contributed by atoms with van der Waals surface area (Å²) in [6, 6.07) is 15.0. The summed E-state index contributed by atoms with van der Waals surface area (Å²) in [4.78, 5) is 2.54. The summed E-state index contributed by atoms with van der Waals surface area (Å²) in [6.07, 6.45) is 3.47.